The largest absolute Gasteiger partial charge is 0.493 e. The van der Waals surface area contributed by atoms with Crippen molar-refractivity contribution in [1.29, 1.82) is 0 Å². The molecule has 3 aliphatic rings. The molecule has 1 amide bonds. The van der Waals surface area contributed by atoms with Crippen molar-refractivity contribution in [2.75, 3.05) is 26.2 Å². The highest BCUT2D eigenvalue weighted by molar-refractivity contribution is 5.99. The van der Waals surface area contributed by atoms with E-state index in [4.69, 9.17) is 4.74 Å². The molecule has 2 aromatic carbocycles. The van der Waals surface area contributed by atoms with Crippen LogP contribution in [0.4, 0.5) is 4.39 Å². The second-order valence-corrected chi connectivity index (χ2v) is 11.1. The van der Waals surface area contributed by atoms with Crippen LogP contribution in [0.2, 0.25) is 0 Å². The summed E-state index contributed by atoms with van der Waals surface area (Å²) in [5.74, 6) is -0.0603. The summed E-state index contributed by atoms with van der Waals surface area (Å²) in [5, 5.41) is 9.33. The quantitative estimate of drug-likeness (QED) is 0.403. The van der Waals surface area contributed by atoms with Crippen molar-refractivity contribution in [1.82, 2.24) is 14.8 Å². The Kier molecular flexibility index (Phi) is 7.27. The highest BCUT2D eigenvalue weighted by Gasteiger charge is 2.34. The van der Waals surface area contributed by atoms with Gasteiger partial charge < -0.3 is 14.7 Å². The maximum atomic E-state index is 13.6. The lowest BCUT2D eigenvalue weighted by atomic mass is 9.92. The molecule has 0 atom stereocenters. The fourth-order valence-corrected chi connectivity index (χ4v) is 6.17. The molecule has 3 aromatic rings. The summed E-state index contributed by atoms with van der Waals surface area (Å²) >= 11 is 0. The predicted molar refractivity (Wildman–Crippen MR) is 149 cm³/mol. The van der Waals surface area contributed by atoms with Crippen LogP contribution in [-0.2, 0) is 13.0 Å². The van der Waals surface area contributed by atoms with E-state index in [1.54, 1.807) is 0 Å². The molecule has 1 aliphatic carbocycles. The van der Waals surface area contributed by atoms with Gasteiger partial charge >= 0.3 is 5.97 Å². The van der Waals surface area contributed by atoms with Crippen LogP contribution >= 0.6 is 0 Å². The second kappa shape index (κ2) is 11.0. The lowest BCUT2D eigenvalue weighted by molar-refractivity contribution is 0.0543. The SMILES string of the molecule is CCOc1cc(CN2CCC(N3CCc4ncc(C(=O)O)cc4C3=O)CC2)cc(C2CC2)c1-c1ccc(F)cc1. The van der Waals surface area contributed by atoms with Crippen LogP contribution < -0.4 is 4.74 Å². The summed E-state index contributed by atoms with van der Waals surface area (Å²) in [6, 6.07) is 12.7. The number of carboxylic acids is 1. The Hall–Kier alpha value is -3.78. The van der Waals surface area contributed by atoms with Gasteiger partial charge in [-0.15, -0.1) is 0 Å². The Morgan fingerprint density at radius 2 is 1.82 bits per heavy atom. The molecule has 7 nitrogen and oxygen atoms in total. The minimum absolute atomic E-state index is 0.0474. The molecular weight excluding hydrogens is 509 g/mol. The third kappa shape index (κ3) is 5.32. The number of carbonyl (C=O) groups is 2. The van der Waals surface area contributed by atoms with Gasteiger partial charge in [0.25, 0.3) is 5.91 Å². The van der Waals surface area contributed by atoms with Crippen LogP contribution in [0.5, 0.6) is 5.75 Å². The molecule has 40 heavy (non-hydrogen) atoms. The molecule has 0 bridgehead atoms. The lowest BCUT2D eigenvalue weighted by Crippen LogP contribution is -2.50. The van der Waals surface area contributed by atoms with E-state index in [0.29, 0.717) is 36.7 Å². The van der Waals surface area contributed by atoms with Crippen LogP contribution in [0.25, 0.3) is 11.1 Å². The minimum Gasteiger partial charge on any atom is -0.493 e. The van der Waals surface area contributed by atoms with Gasteiger partial charge in [-0.25, -0.2) is 9.18 Å². The number of aromatic nitrogens is 1. The van der Waals surface area contributed by atoms with Gasteiger partial charge in [-0.3, -0.25) is 14.7 Å². The Bertz CT molecular complexity index is 1430. The lowest BCUT2D eigenvalue weighted by Gasteiger charge is -2.40. The van der Waals surface area contributed by atoms with Gasteiger partial charge in [-0.1, -0.05) is 18.2 Å². The normalized spacial score (nSPS) is 18.1. The van der Waals surface area contributed by atoms with E-state index in [9.17, 15) is 19.1 Å². The third-order valence-electron chi connectivity index (χ3n) is 8.34. The number of hydrogen-bond donors (Lipinski definition) is 1. The van der Waals surface area contributed by atoms with Crippen molar-refractivity contribution in [2.45, 2.75) is 57.5 Å². The molecular formula is C32H34FN3O4. The average Bonchev–Trinajstić information content (AvgIpc) is 3.80. The number of carboxylic acid groups (broad SMARTS) is 1. The molecule has 2 fully saturated rings. The summed E-state index contributed by atoms with van der Waals surface area (Å²) in [6.07, 6.45) is 6.03. The van der Waals surface area contributed by atoms with Crippen LogP contribution in [0.15, 0.2) is 48.7 Å². The number of amides is 1. The monoisotopic (exact) mass is 543 g/mol. The van der Waals surface area contributed by atoms with E-state index in [0.717, 1.165) is 62.2 Å². The number of ether oxygens (including phenoxy) is 1. The Morgan fingerprint density at radius 1 is 1.07 bits per heavy atom. The molecule has 3 heterocycles. The molecule has 1 aromatic heterocycles. The first kappa shape index (κ1) is 26.4. The fraction of sp³-hybridized carbons (Fsp3) is 0.406. The number of aromatic carboxylic acids is 1. The van der Waals surface area contributed by atoms with E-state index < -0.39 is 5.97 Å². The number of benzene rings is 2. The Balaban J connectivity index is 1.16. The van der Waals surface area contributed by atoms with Gasteiger partial charge in [0.1, 0.15) is 11.6 Å². The smallest absolute Gasteiger partial charge is 0.337 e. The highest BCUT2D eigenvalue weighted by Crippen LogP contribution is 2.48. The van der Waals surface area contributed by atoms with E-state index in [-0.39, 0.29) is 23.3 Å². The van der Waals surface area contributed by atoms with Crippen LogP contribution in [0, 0.1) is 5.82 Å². The zero-order valence-corrected chi connectivity index (χ0v) is 22.7. The van der Waals surface area contributed by atoms with Crippen molar-refractivity contribution in [3.8, 4) is 16.9 Å². The standard InChI is InChI=1S/C32H34FN3O4/c1-2-40-29-16-20(15-26(21-3-4-21)30(29)22-5-7-24(33)8-6-22)19-35-12-9-25(10-13-35)36-14-11-28-27(31(36)37)17-23(18-34-28)32(38)39/h5-8,15-18,21,25H,2-4,9-14,19H2,1H3,(H,38,39). The highest BCUT2D eigenvalue weighted by atomic mass is 19.1. The van der Waals surface area contributed by atoms with Crippen molar-refractivity contribution < 1.29 is 23.8 Å². The zero-order chi connectivity index (χ0) is 27.8. The van der Waals surface area contributed by atoms with Gasteiger partial charge in [-0.2, -0.15) is 0 Å². The number of pyridine rings is 1. The molecule has 6 rings (SSSR count). The molecule has 0 radical (unpaired) electrons. The first-order valence-electron chi connectivity index (χ1n) is 14.2. The molecule has 0 unspecified atom stereocenters. The van der Waals surface area contributed by atoms with Gasteiger partial charge in [0.15, 0.2) is 0 Å². The first-order chi connectivity index (χ1) is 19.4. The summed E-state index contributed by atoms with van der Waals surface area (Å²) in [5.41, 5.74) is 5.72. The van der Waals surface area contributed by atoms with Gasteiger partial charge in [-0.05, 0) is 79.5 Å². The summed E-state index contributed by atoms with van der Waals surface area (Å²) < 4.78 is 19.8. The van der Waals surface area contributed by atoms with Gasteiger partial charge in [0, 0.05) is 50.4 Å². The van der Waals surface area contributed by atoms with Crippen LogP contribution in [0.1, 0.15) is 76.1 Å². The van der Waals surface area contributed by atoms with E-state index >= 15 is 0 Å². The van der Waals surface area contributed by atoms with Gasteiger partial charge in [0.05, 0.1) is 23.4 Å². The van der Waals surface area contributed by atoms with E-state index in [2.05, 4.69) is 22.0 Å². The Morgan fingerprint density at radius 3 is 2.50 bits per heavy atom. The van der Waals surface area contributed by atoms with Crippen molar-refractivity contribution in [3.63, 3.8) is 0 Å². The number of piperidine rings is 1. The van der Waals surface area contributed by atoms with E-state index in [1.165, 1.54) is 35.5 Å². The number of nitrogens with zero attached hydrogens (tertiary/aromatic N) is 3. The van der Waals surface area contributed by atoms with Crippen molar-refractivity contribution >= 4 is 11.9 Å². The number of hydrogen-bond acceptors (Lipinski definition) is 5. The van der Waals surface area contributed by atoms with Crippen molar-refractivity contribution in [3.05, 3.63) is 82.4 Å². The van der Waals surface area contributed by atoms with E-state index in [1.807, 2.05) is 24.0 Å². The molecule has 208 valence electrons. The number of carbonyl (C=O) groups excluding carboxylic acids is 1. The second-order valence-electron chi connectivity index (χ2n) is 11.1. The van der Waals surface area contributed by atoms with Crippen LogP contribution in [-0.4, -0.2) is 64.0 Å². The van der Waals surface area contributed by atoms with Gasteiger partial charge in [0.2, 0.25) is 0 Å². The number of halogens is 1. The Labute approximate surface area is 233 Å². The van der Waals surface area contributed by atoms with Crippen molar-refractivity contribution in [2.24, 2.45) is 0 Å². The molecule has 1 saturated carbocycles. The fourth-order valence-electron chi connectivity index (χ4n) is 6.17. The number of fused-ring (bicyclic) bond motifs is 1. The topological polar surface area (TPSA) is 83.0 Å². The number of likely N-dealkylation sites (tertiary alicyclic amines) is 1. The average molecular weight is 544 g/mol. The summed E-state index contributed by atoms with van der Waals surface area (Å²) in [7, 11) is 0. The maximum Gasteiger partial charge on any atom is 0.337 e. The summed E-state index contributed by atoms with van der Waals surface area (Å²) in [4.78, 5) is 33.3. The molecule has 0 spiro atoms. The third-order valence-corrected chi connectivity index (χ3v) is 8.34. The predicted octanol–water partition coefficient (Wildman–Crippen LogP) is 5.52. The molecule has 1 N–H and O–H groups in total. The number of rotatable bonds is 8. The maximum absolute atomic E-state index is 13.6. The summed E-state index contributed by atoms with van der Waals surface area (Å²) in [6.45, 7) is 5.71. The first-order valence-corrected chi connectivity index (χ1v) is 14.2. The zero-order valence-electron chi connectivity index (χ0n) is 22.7. The van der Waals surface area contributed by atoms with Crippen LogP contribution in [0.3, 0.4) is 0 Å². The minimum atomic E-state index is -1.07. The molecule has 2 aliphatic heterocycles. The molecule has 8 heteroatoms. The molecule has 1 saturated heterocycles.